The van der Waals surface area contributed by atoms with Crippen molar-refractivity contribution in [3.8, 4) is 5.75 Å². The summed E-state index contributed by atoms with van der Waals surface area (Å²) < 4.78 is 35.9. The van der Waals surface area contributed by atoms with E-state index < -0.39 is 10.0 Å². The van der Waals surface area contributed by atoms with Crippen LogP contribution in [0.2, 0.25) is 0 Å². The number of benzene rings is 1. The standard InChI is InChI=1S/C25H35N3O4S/c1-4-32-23-13-12-20(17-24(23)33(30,31)27-14-8-9-15-27)26-25(29)22-16-18(2)28(19(22)3)21-10-6-5-7-11-21/h12-13,16-17,21H,4-11,14-15H2,1-3H3,(H,26,29). The molecule has 180 valence electrons. The first-order chi connectivity index (χ1) is 15.8. The largest absolute Gasteiger partial charge is 0.492 e. The van der Waals surface area contributed by atoms with E-state index in [-0.39, 0.29) is 10.8 Å². The van der Waals surface area contributed by atoms with Crippen LogP contribution in [0, 0.1) is 13.8 Å². The third-order valence-electron chi connectivity index (χ3n) is 6.85. The smallest absolute Gasteiger partial charge is 0.257 e. The topological polar surface area (TPSA) is 80.6 Å². The number of anilines is 1. The summed E-state index contributed by atoms with van der Waals surface area (Å²) in [6, 6.07) is 7.25. The Morgan fingerprint density at radius 3 is 2.42 bits per heavy atom. The number of hydrogen-bond acceptors (Lipinski definition) is 4. The number of rotatable bonds is 7. The Morgan fingerprint density at radius 1 is 1.06 bits per heavy atom. The van der Waals surface area contributed by atoms with Crippen molar-refractivity contribution in [1.82, 2.24) is 8.87 Å². The molecule has 0 atom stereocenters. The summed E-state index contributed by atoms with van der Waals surface area (Å²) in [6.07, 6.45) is 7.74. The average Bonchev–Trinajstić information content (AvgIpc) is 3.44. The zero-order valence-corrected chi connectivity index (χ0v) is 20.7. The number of amides is 1. The second kappa shape index (κ2) is 9.89. The Kier molecular flexibility index (Phi) is 7.14. The summed E-state index contributed by atoms with van der Waals surface area (Å²) >= 11 is 0. The Hall–Kier alpha value is -2.32. The fraction of sp³-hybridized carbons (Fsp3) is 0.560. The van der Waals surface area contributed by atoms with E-state index >= 15 is 0 Å². The van der Waals surface area contributed by atoms with E-state index in [4.69, 9.17) is 4.74 Å². The maximum absolute atomic E-state index is 13.2. The van der Waals surface area contributed by atoms with Crippen LogP contribution in [0.4, 0.5) is 5.69 Å². The number of nitrogens with one attached hydrogen (secondary N) is 1. The van der Waals surface area contributed by atoms with Gasteiger partial charge in [-0.05, 0) is 70.7 Å². The van der Waals surface area contributed by atoms with Crippen molar-refractivity contribution < 1.29 is 17.9 Å². The molecule has 0 unspecified atom stereocenters. The van der Waals surface area contributed by atoms with Gasteiger partial charge in [0.15, 0.2) is 0 Å². The number of carbonyl (C=O) groups excluding carboxylic acids is 1. The predicted molar refractivity (Wildman–Crippen MR) is 130 cm³/mol. The molecule has 2 fully saturated rings. The lowest BCUT2D eigenvalue weighted by atomic mass is 9.95. The van der Waals surface area contributed by atoms with E-state index in [0.717, 1.165) is 37.1 Å². The van der Waals surface area contributed by atoms with E-state index in [0.29, 0.717) is 42.7 Å². The fourth-order valence-corrected chi connectivity index (χ4v) is 6.91. The van der Waals surface area contributed by atoms with Crippen LogP contribution in [0.3, 0.4) is 0 Å². The Labute approximate surface area is 197 Å². The molecule has 1 N–H and O–H groups in total. The van der Waals surface area contributed by atoms with Gasteiger partial charge in [0.2, 0.25) is 10.0 Å². The number of carbonyl (C=O) groups is 1. The number of nitrogens with zero attached hydrogens (tertiary/aromatic N) is 2. The summed E-state index contributed by atoms with van der Waals surface area (Å²) in [5.74, 6) is 0.0942. The van der Waals surface area contributed by atoms with Crippen LogP contribution in [-0.2, 0) is 10.0 Å². The molecule has 0 radical (unpaired) electrons. The van der Waals surface area contributed by atoms with Crippen LogP contribution >= 0.6 is 0 Å². The quantitative estimate of drug-likeness (QED) is 0.610. The lowest BCUT2D eigenvalue weighted by molar-refractivity contribution is 0.102. The summed E-state index contributed by atoms with van der Waals surface area (Å²) in [5.41, 5.74) is 3.14. The Bertz CT molecular complexity index is 1110. The van der Waals surface area contributed by atoms with Crippen molar-refractivity contribution >= 4 is 21.6 Å². The number of ether oxygens (including phenoxy) is 1. The summed E-state index contributed by atoms with van der Waals surface area (Å²) in [4.78, 5) is 13.3. The molecule has 1 amide bonds. The lowest BCUT2D eigenvalue weighted by Crippen LogP contribution is -2.28. The molecule has 1 aliphatic heterocycles. The molecule has 0 spiro atoms. The molecule has 0 bridgehead atoms. The van der Waals surface area contributed by atoms with Gasteiger partial charge >= 0.3 is 0 Å². The van der Waals surface area contributed by atoms with Gasteiger partial charge in [-0.3, -0.25) is 4.79 Å². The van der Waals surface area contributed by atoms with E-state index in [1.165, 1.54) is 29.6 Å². The number of aromatic nitrogens is 1. The van der Waals surface area contributed by atoms with Crippen molar-refractivity contribution in [2.24, 2.45) is 0 Å². The van der Waals surface area contributed by atoms with Crippen LogP contribution in [0.15, 0.2) is 29.2 Å². The number of aryl methyl sites for hydroxylation is 1. The second-order valence-corrected chi connectivity index (χ2v) is 11.0. The summed E-state index contributed by atoms with van der Waals surface area (Å²) in [7, 11) is -3.69. The normalized spacial score (nSPS) is 17.9. The molecule has 33 heavy (non-hydrogen) atoms. The molecule has 2 aliphatic rings. The molecule has 1 saturated carbocycles. The molecule has 1 aliphatic carbocycles. The highest BCUT2D eigenvalue weighted by molar-refractivity contribution is 7.89. The second-order valence-electron chi connectivity index (χ2n) is 9.11. The molecule has 2 aromatic rings. The summed E-state index contributed by atoms with van der Waals surface area (Å²) in [6.45, 7) is 7.26. The van der Waals surface area contributed by atoms with E-state index in [2.05, 4.69) is 16.8 Å². The van der Waals surface area contributed by atoms with Crippen molar-refractivity contribution in [1.29, 1.82) is 0 Å². The van der Waals surface area contributed by atoms with Gasteiger partial charge in [0.25, 0.3) is 5.91 Å². The first-order valence-electron chi connectivity index (χ1n) is 12.1. The minimum Gasteiger partial charge on any atom is -0.492 e. The van der Waals surface area contributed by atoms with Gasteiger partial charge in [-0.1, -0.05) is 19.3 Å². The van der Waals surface area contributed by atoms with E-state index in [1.54, 1.807) is 12.1 Å². The van der Waals surface area contributed by atoms with Gasteiger partial charge in [0, 0.05) is 36.2 Å². The van der Waals surface area contributed by atoms with Crippen LogP contribution in [0.5, 0.6) is 5.75 Å². The zero-order chi connectivity index (χ0) is 23.6. The third-order valence-corrected chi connectivity index (χ3v) is 8.77. The first-order valence-corrected chi connectivity index (χ1v) is 13.5. The van der Waals surface area contributed by atoms with E-state index in [1.807, 2.05) is 19.9 Å². The number of hydrogen-bond donors (Lipinski definition) is 1. The molecule has 1 aromatic carbocycles. The van der Waals surface area contributed by atoms with Gasteiger partial charge < -0.3 is 14.6 Å². The maximum atomic E-state index is 13.2. The molecule has 1 aromatic heterocycles. The average molecular weight is 474 g/mol. The molecule has 4 rings (SSSR count). The van der Waals surface area contributed by atoms with Crippen LogP contribution in [0.1, 0.15) is 79.7 Å². The van der Waals surface area contributed by atoms with Gasteiger partial charge in [-0.2, -0.15) is 4.31 Å². The minimum absolute atomic E-state index is 0.108. The predicted octanol–water partition coefficient (Wildman–Crippen LogP) is 5.05. The monoisotopic (exact) mass is 473 g/mol. The third kappa shape index (κ3) is 4.82. The SMILES string of the molecule is CCOc1ccc(NC(=O)c2cc(C)n(C3CCCCC3)c2C)cc1S(=O)(=O)N1CCCC1. The van der Waals surface area contributed by atoms with Crippen molar-refractivity contribution in [2.75, 3.05) is 25.0 Å². The molecule has 7 nitrogen and oxygen atoms in total. The Morgan fingerprint density at radius 2 is 1.76 bits per heavy atom. The molecular weight excluding hydrogens is 438 g/mol. The fourth-order valence-electron chi connectivity index (χ4n) is 5.24. The summed E-state index contributed by atoms with van der Waals surface area (Å²) in [5, 5.41) is 2.92. The highest BCUT2D eigenvalue weighted by atomic mass is 32.2. The van der Waals surface area contributed by atoms with Crippen LogP contribution in [-0.4, -0.2) is 42.9 Å². The molecule has 2 heterocycles. The maximum Gasteiger partial charge on any atom is 0.257 e. The highest BCUT2D eigenvalue weighted by Gasteiger charge is 2.31. The first kappa shape index (κ1) is 23.8. The van der Waals surface area contributed by atoms with E-state index in [9.17, 15) is 13.2 Å². The molecular formula is C25H35N3O4S. The van der Waals surface area contributed by atoms with Crippen molar-refractivity contribution in [2.45, 2.75) is 76.7 Å². The van der Waals surface area contributed by atoms with Crippen LogP contribution in [0.25, 0.3) is 0 Å². The van der Waals surface area contributed by atoms with Crippen LogP contribution < -0.4 is 10.1 Å². The lowest BCUT2D eigenvalue weighted by Gasteiger charge is -2.26. The van der Waals surface area contributed by atoms with Crippen molar-refractivity contribution in [3.63, 3.8) is 0 Å². The minimum atomic E-state index is -3.69. The van der Waals surface area contributed by atoms with Gasteiger partial charge in [0.05, 0.1) is 12.2 Å². The van der Waals surface area contributed by atoms with Gasteiger partial charge in [0.1, 0.15) is 10.6 Å². The molecule has 8 heteroatoms. The molecule has 1 saturated heterocycles. The highest BCUT2D eigenvalue weighted by Crippen LogP contribution is 2.34. The Balaban J connectivity index is 1.61. The van der Waals surface area contributed by atoms with Crippen molar-refractivity contribution in [3.05, 3.63) is 41.2 Å². The zero-order valence-electron chi connectivity index (χ0n) is 19.9. The van der Waals surface area contributed by atoms with Gasteiger partial charge in [-0.25, -0.2) is 8.42 Å². The van der Waals surface area contributed by atoms with Gasteiger partial charge in [-0.15, -0.1) is 0 Å². The number of sulfonamides is 1.